The van der Waals surface area contributed by atoms with Crippen LogP contribution in [0.3, 0.4) is 0 Å². The Morgan fingerprint density at radius 1 is 1.08 bits per heavy atom. The van der Waals surface area contributed by atoms with E-state index in [0.29, 0.717) is 12.0 Å². The molecule has 0 spiro atoms. The summed E-state index contributed by atoms with van der Waals surface area (Å²) in [6, 6.07) is 0. The Hall–Kier alpha value is -1.07. The first kappa shape index (κ1) is 28.9. The lowest BCUT2D eigenvalue weighted by molar-refractivity contribution is -0.0655. The third-order valence-electron chi connectivity index (χ3n) is 11.4. The van der Waals surface area contributed by atoms with Crippen molar-refractivity contribution in [3.8, 4) is 0 Å². The van der Waals surface area contributed by atoms with E-state index in [1.165, 1.54) is 56.9 Å². The highest BCUT2D eigenvalue weighted by Gasteiger charge is 2.59. The van der Waals surface area contributed by atoms with Crippen LogP contribution in [-0.2, 0) is 14.2 Å². The summed E-state index contributed by atoms with van der Waals surface area (Å²) in [5.41, 5.74) is 8.00. The Morgan fingerprint density at radius 2 is 1.86 bits per heavy atom. The molecule has 2 unspecified atom stereocenters. The molecule has 5 nitrogen and oxygen atoms in total. The number of hydrogen-bond donors (Lipinski definition) is 1. The molecule has 0 saturated heterocycles. The smallest absolute Gasteiger partial charge is 0.431 e. The molecule has 0 aromatic heterocycles. The van der Waals surface area contributed by atoms with Gasteiger partial charge in [-0.3, -0.25) is 0 Å². The Morgan fingerprint density at radius 3 is 2.57 bits per heavy atom. The molecule has 212 valence electrons. The van der Waals surface area contributed by atoms with Crippen molar-refractivity contribution in [2.24, 2.45) is 52.1 Å². The highest BCUT2D eigenvalue weighted by Crippen LogP contribution is 2.67. The maximum absolute atomic E-state index is 12.4. The minimum Gasteiger partial charge on any atom is -0.431 e. The molecule has 37 heavy (non-hydrogen) atoms. The van der Waals surface area contributed by atoms with Gasteiger partial charge in [0.1, 0.15) is 12.2 Å². The van der Waals surface area contributed by atoms with Crippen LogP contribution in [0.4, 0.5) is 4.79 Å². The molecule has 0 amide bonds. The normalized spacial score (nSPS) is 38.7. The van der Waals surface area contributed by atoms with Gasteiger partial charge < -0.3 is 19.9 Å². The number of ether oxygens (including phenoxy) is 3. The van der Waals surface area contributed by atoms with Gasteiger partial charge in [-0.15, -0.1) is 0 Å². The predicted molar refractivity (Wildman–Crippen MR) is 149 cm³/mol. The third kappa shape index (κ3) is 5.93. The fourth-order valence-corrected chi connectivity index (χ4v) is 9.39. The highest BCUT2D eigenvalue weighted by atomic mass is 16.7. The molecular formula is C32H55NO4. The monoisotopic (exact) mass is 517 g/mol. The summed E-state index contributed by atoms with van der Waals surface area (Å²) in [4.78, 5) is 12.4. The van der Waals surface area contributed by atoms with Crippen molar-refractivity contribution in [2.45, 2.75) is 117 Å². The Bertz CT molecular complexity index is 811. The van der Waals surface area contributed by atoms with Crippen LogP contribution in [0.25, 0.3) is 0 Å². The standard InChI is InChI=1S/C32H55NO4/c1-21(2)8-7-9-22(3)27-12-13-28-26-11-10-23-18-24(36-30(34)37-25(19-33)20-35-6)14-16-31(23,4)29(26)15-17-32(27,28)5/h10,21-22,24-29H,7-9,11-20,33H2,1-6H3/t22-,24?,25?,26+,27-,28+,29+,31+,32-/m0/s1. The van der Waals surface area contributed by atoms with Crippen molar-refractivity contribution in [3.05, 3.63) is 11.6 Å². The first-order valence-electron chi connectivity index (χ1n) is 15.4. The maximum Gasteiger partial charge on any atom is 0.508 e. The number of nitrogens with two attached hydrogens (primary N) is 1. The Balaban J connectivity index is 1.38. The van der Waals surface area contributed by atoms with E-state index in [4.69, 9.17) is 19.9 Å². The van der Waals surface area contributed by atoms with Gasteiger partial charge >= 0.3 is 6.16 Å². The van der Waals surface area contributed by atoms with Crippen molar-refractivity contribution in [1.82, 2.24) is 0 Å². The molecule has 9 atom stereocenters. The van der Waals surface area contributed by atoms with E-state index in [0.717, 1.165) is 54.8 Å². The predicted octanol–water partition coefficient (Wildman–Crippen LogP) is 7.52. The van der Waals surface area contributed by atoms with E-state index in [1.807, 2.05) is 0 Å². The molecular weight excluding hydrogens is 462 g/mol. The van der Waals surface area contributed by atoms with Gasteiger partial charge in [-0.25, -0.2) is 4.79 Å². The summed E-state index contributed by atoms with van der Waals surface area (Å²) >= 11 is 0. The molecule has 2 N–H and O–H groups in total. The van der Waals surface area contributed by atoms with Crippen LogP contribution in [0, 0.1) is 46.3 Å². The summed E-state index contributed by atoms with van der Waals surface area (Å²) in [6.45, 7) is 13.0. The van der Waals surface area contributed by atoms with Gasteiger partial charge in [0.2, 0.25) is 0 Å². The number of carbonyl (C=O) groups excluding carboxylic acids is 1. The van der Waals surface area contributed by atoms with Gasteiger partial charge in [-0.1, -0.05) is 65.5 Å². The van der Waals surface area contributed by atoms with Crippen LogP contribution in [-0.4, -0.2) is 38.6 Å². The number of rotatable bonds is 10. The summed E-state index contributed by atoms with van der Waals surface area (Å²) in [5, 5.41) is 0. The molecule has 0 aliphatic heterocycles. The van der Waals surface area contributed by atoms with Crippen molar-refractivity contribution in [3.63, 3.8) is 0 Å². The van der Waals surface area contributed by atoms with Gasteiger partial charge in [0.15, 0.2) is 0 Å². The molecule has 0 heterocycles. The van der Waals surface area contributed by atoms with Crippen molar-refractivity contribution < 1.29 is 19.0 Å². The second-order valence-corrected chi connectivity index (χ2v) is 14.0. The number of methoxy groups -OCH3 is 1. The number of allylic oxidation sites excluding steroid dienone is 1. The largest absolute Gasteiger partial charge is 0.508 e. The zero-order valence-electron chi connectivity index (χ0n) is 24.6. The van der Waals surface area contributed by atoms with E-state index >= 15 is 0 Å². The summed E-state index contributed by atoms with van der Waals surface area (Å²) < 4.78 is 16.2. The lowest BCUT2D eigenvalue weighted by Crippen LogP contribution is -2.51. The SMILES string of the molecule is COCC(CN)OC(=O)OC1CC[C@]2(C)C(=CC[C@@H]3[C@H]4CC[C@@H]([C@@H](C)CCCC(C)C)[C@]4(C)CC[C@H]32)C1. The number of fused-ring (bicyclic) bond motifs is 5. The molecule has 0 bridgehead atoms. The fraction of sp³-hybridized carbons (Fsp3) is 0.906. The average molecular weight is 518 g/mol. The van der Waals surface area contributed by atoms with Gasteiger partial charge in [-0.2, -0.15) is 0 Å². The molecule has 0 aromatic rings. The van der Waals surface area contributed by atoms with Crippen LogP contribution < -0.4 is 5.73 Å². The van der Waals surface area contributed by atoms with Gasteiger partial charge in [0, 0.05) is 20.1 Å². The van der Waals surface area contributed by atoms with Crippen molar-refractivity contribution in [1.29, 1.82) is 0 Å². The zero-order valence-corrected chi connectivity index (χ0v) is 24.6. The first-order chi connectivity index (χ1) is 17.6. The van der Waals surface area contributed by atoms with E-state index in [9.17, 15) is 4.79 Å². The number of carbonyl (C=O) groups is 1. The lowest BCUT2D eigenvalue weighted by Gasteiger charge is -2.58. The molecule has 3 saturated carbocycles. The molecule has 4 aliphatic carbocycles. The minimum absolute atomic E-state index is 0.0965. The summed E-state index contributed by atoms with van der Waals surface area (Å²) in [6.07, 6.45) is 15.3. The maximum atomic E-state index is 12.4. The second-order valence-electron chi connectivity index (χ2n) is 14.0. The van der Waals surface area contributed by atoms with Crippen molar-refractivity contribution in [2.75, 3.05) is 20.3 Å². The zero-order chi connectivity index (χ0) is 26.8. The third-order valence-corrected chi connectivity index (χ3v) is 11.4. The second kappa shape index (κ2) is 12.0. The first-order valence-corrected chi connectivity index (χ1v) is 15.4. The molecule has 3 fully saturated rings. The van der Waals surface area contributed by atoms with Gasteiger partial charge in [0.25, 0.3) is 0 Å². The fourth-order valence-electron chi connectivity index (χ4n) is 9.39. The minimum atomic E-state index is -0.608. The van der Waals surface area contributed by atoms with Crippen LogP contribution >= 0.6 is 0 Å². The van der Waals surface area contributed by atoms with Gasteiger partial charge in [0.05, 0.1) is 6.61 Å². The van der Waals surface area contributed by atoms with E-state index < -0.39 is 12.3 Å². The Kier molecular flexibility index (Phi) is 9.37. The van der Waals surface area contributed by atoms with Crippen LogP contribution in [0.15, 0.2) is 11.6 Å². The van der Waals surface area contributed by atoms with Crippen molar-refractivity contribution >= 4 is 6.16 Å². The van der Waals surface area contributed by atoms with E-state index in [2.05, 4.69) is 40.7 Å². The molecule has 0 radical (unpaired) electrons. The van der Waals surface area contributed by atoms with Crippen LogP contribution in [0.5, 0.6) is 0 Å². The summed E-state index contributed by atoms with van der Waals surface area (Å²) in [7, 11) is 1.58. The summed E-state index contributed by atoms with van der Waals surface area (Å²) in [5.74, 6) is 5.04. The average Bonchev–Trinajstić information content (AvgIpc) is 3.21. The molecule has 4 rings (SSSR count). The Labute approximate surface area is 226 Å². The van der Waals surface area contributed by atoms with Crippen LogP contribution in [0.1, 0.15) is 105 Å². The van der Waals surface area contributed by atoms with E-state index in [1.54, 1.807) is 7.11 Å². The molecule has 4 aliphatic rings. The van der Waals surface area contributed by atoms with E-state index in [-0.39, 0.29) is 18.1 Å². The quantitative estimate of drug-likeness (QED) is 0.240. The van der Waals surface area contributed by atoms with Gasteiger partial charge in [-0.05, 0) is 91.3 Å². The molecule has 5 heteroatoms. The highest BCUT2D eigenvalue weighted by molar-refractivity contribution is 5.60. The topological polar surface area (TPSA) is 70.8 Å². The number of hydrogen-bond acceptors (Lipinski definition) is 5. The lowest BCUT2D eigenvalue weighted by atomic mass is 9.47. The van der Waals surface area contributed by atoms with Crippen LogP contribution in [0.2, 0.25) is 0 Å². The molecule has 0 aromatic carbocycles.